The van der Waals surface area contributed by atoms with Gasteiger partial charge in [-0.05, 0) is 18.3 Å². The van der Waals surface area contributed by atoms with E-state index in [0.29, 0.717) is 0 Å². The molecule has 1 saturated carbocycles. The predicted octanol–water partition coefficient (Wildman–Crippen LogP) is 2.59. The third kappa shape index (κ3) is 2.85. The molecule has 90 valence electrons. The summed E-state index contributed by atoms with van der Waals surface area (Å²) >= 11 is 0. The molecule has 3 heteroatoms. The lowest BCUT2D eigenvalue weighted by atomic mass is 9.81. The average molecular weight is 222 g/mol. The molecule has 1 aromatic heterocycles. The van der Waals surface area contributed by atoms with Crippen molar-refractivity contribution in [3.63, 3.8) is 0 Å². The molecular formula is C13H22N2O. The zero-order chi connectivity index (χ0) is 11.4. The second-order valence-electron chi connectivity index (χ2n) is 5.15. The van der Waals surface area contributed by atoms with E-state index in [9.17, 15) is 0 Å². The molecule has 3 nitrogen and oxygen atoms in total. The summed E-state index contributed by atoms with van der Waals surface area (Å²) in [6, 6.07) is 0. The normalized spacial score (nSPS) is 25.9. The Morgan fingerprint density at radius 2 is 2.12 bits per heavy atom. The smallest absolute Gasteiger partial charge is 0.0948 e. The Labute approximate surface area is 97.5 Å². The molecule has 2 rings (SSSR count). The fourth-order valence-corrected chi connectivity index (χ4v) is 2.62. The molecule has 1 aliphatic rings. The van der Waals surface area contributed by atoms with Crippen LogP contribution in [0.5, 0.6) is 0 Å². The molecule has 0 aliphatic heterocycles. The molecule has 0 atom stereocenters. The van der Waals surface area contributed by atoms with Gasteiger partial charge in [-0.2, -0.15) is 0 Å². The first-order chi connectivity index (χ1) is 7.79. The summed E-state index contributed by atoms with van der Waals surface area (Å²) in [4.78, 5) is 4.07. The van der Waals surface area contributed by atoms with Gasteiger partial charge in [0.2, 0.25) is 0 Å². The standard InChI is InChI=1S/C13H22N2O/c1-11-2-4-12(5-3-11)6-7-15-10-14-8-13(15)9-16/h8,10-12,16H,2-7,9H2,1H3. The maximum atomic E-state index is 9.12. The molecular weight excluding hydrogens is 200 g/mol. The molecule has 1 aliphatic carbocycles. The number of rotatable bonds is 4. The van der Waals surface area contributed by atoms with E-state index in [2.05, 4.69) is 16.5 Å². The van der Waals surface area contributed by atoms with Crippen LogP contribution in [-0.4, -0.2) is 14.7 Å². The quantitative estimate of drug-likeness (QED) is 0.850. The van der Waals surface area contributed by atoms with Gasteiger partial charge in [-0.25, -0.2) is 4.98 Å². The van der Waals surface area contributed by atoms with Crippen LogP contribution < -0.4 is 0 Å². The Bertz CT molecular complexity index is 313. The minimum atomic E-state index is 0.0989. The van der Waals surface area contributed by atoms with Gasteiger partial charge in [0.15, 0.2) is 0 Å². The van der Waals surface area contributed by atoms with Crippen LogP contribution in [0.2, 0.25) is 0 Å². The van der Waals surface area contributed by atoms with E-state index in [4.69, 9.17) is 5.11 Å². The van der Waals surface area contributed by atoms with Crippen LogP contribution in [0.3, 0.4) is 0 Å². The van der Waals surface area contributed by atoms with E-state index >= 15 is 0 Å². The van der Waals surface area contributed by atoms with Gasteiger partial charge in [-0.3, -0.25) is 0 Å². The molecule has 0 bridgehead atoms. The monoisotopic (exact) mass is 222 g/mol. The number of hydrogen-bond acceptors (Lipinski definition) is 2. The Kier molecular flexibility index (Phi) is 3.99. The number of imidazole rings is 1. The lowest BCUT2D eigenvalue weighted by Gasteiger charge is -2.26. The van der Waals surface area contributed by atoms with Gasteiger partial charge < -0.3 is 9.67 Å². The maximum absolute atomic E-state index is 9.12. The van der Waals surface area contributed by atoms with Crippen molar-refractivity contribution in [1.82, 2.24) is 9.55 Å². The van der Waals surface area contributed by atoms with E-state index < -0.39 is 0 Å². The fraction of sp³-hybridized carbons (Fsp3) is 0.769. The molecule has 0 radical (unpaired) electrons. The molecule has 0 aromatic carbocycles. The van der Waals surface area contributed by atoms with Gasteiger partial charge in [-0.1, -0.05) is 32.6 Å². The number of aliphatic hydroxyl groups excluding tert-OH is 1. The number of aliphatic hydroxyl groups is 1. The van der Waals surface area contributed by atoms with Gasteiger partial charge in [0.25, 0.3) is 0 Å². The molecule has 0 spiro atoms. The number of nitrogens with zero attached hydrogens (tertiary/aromatic N) is 2. The largest absolute Gasteiger partial charge is 0.390 e. The summed E-state index contributed by atoms with van der Waals surface area (Å²) < 4.78 is 2.08. The number of hydrogen-bond donors (Lipinski definition) is 1. The predicted molar refractivity (Wildman–Crippen MR) is 63.9 cm³/mol. The third-order valence-electron chi connectivity index (χ3n) is 3.87. The van der Waals surface area contributed by atoms with E-state index in [1.165, 1.54) is 32.1 Å². The summed E-state index contributed by atoms with van der Waals surface area (Å²) in [5.74, 6) is 1.81. The summed E-state index contributed by atoms with van der Waals surface area (Å²) in [6.45, 7) is 3.46. The molecule has 1 fully saturated rings. The van der Waals surface area contributed by atoms with Crippen LogP contribution in [0.4, 0.5) is 0 Å². The van der Waals surface area contributed by atoms with Crippen molar-refractivity contribution in [2.45, 2.75) is 52.2 Å². The zero-order valence-electron chi connectivity index (χ0n) is 10.1. The van der Waals surface area contributed by atoms with Crippen LogP contribution in [0, 0.1) is 11.8 Å². The minimum absolute atomic E-state index is 0.0989. The number of aryl methyl sites for hydroxylation is 1. The second-order valence-corrected chi connectivity index (χ2v) is 5.15. The van der Waals surface area contributed by atoms with Crippen molar-refractivity contribution < 1.29 is 5.11 Å². The highest BCUT2D eigenvalue weighted by molar-refractivity contribution is 4.95. The highest BCUT2D eigenvalue weighted by Gasteiger charge is 2.18. The number of aromatic nitrogens is 2. The van der Waals surface area contributed by atoms with Crippen molar-refractivity contribution in [2.24, 2.45) is 11.8 Å². The SMILES string of the molecule is CC1CCC(CCn2cncc2CO)CC1. The molecule has 1 heterocycles. The van der Waals surface area contributed by atoms with Crippen LogP contribution in [0.25, 0.3) is 0 Å². The van der Waals surface area contributed by atoms with E-state index in [0.717, 1.165) is 24.1 Å². The van der Waals surface area contributed by atoms with Crippen LogP contribution in [-0.2, 0) is 13.2 Å². The van der Waals surface area contributed by atoms with Crippen molar-refractivity contribution in [3.05, 3.63) is 18.2 Å². The summed E-state index contributed by atoms with van der Waals surface area (Å²) in [6.07, 6.45) is 10.4. The van der Waals surface area contributed by atoms with E-state index in [-0.39, 0.29) is 6.61 Å². The van der Waals surface area contributed by atoms with Crippen LogP contribution >= 0.6 is 0 Å². The highest BCUT2D eigenvalue weighted by Crippen LogP contribution is 2.30. The zero-order valence-corrected chi connectivity index (χ0v) is 10.1. The minimum Gasteiger partial charge on any atom is -0.390 e. The van der Waals surface area contributed by atoms with E-state index in [1.807, 2.05) is 6.33 Å². The molecule has 0 amide bonds. The average Bonchev–Trinajstić information content (AvgIpc) is 2.76. The van der Waals surface area contributed by atoms with Crippen molar-refractivity contribution in [2.75, 3.05) is 0 Å². The van der Waals surface area contributed by atoms with Crippen molar-refractivity contribution in [1.29, 1.82) is 0 Å². The Hall–Kier alpha value is -0.830. The van der Waals surface area contributed by atoms with Gasteiger partial charge in [0.1, 0.15) is 0 Å². The third-order valence-corrected chi connectivity index (χ3v) is 3.87. The van der Waals surface area contributed by atoms with Crippen molar-refractivity contribution in [3.8, 4) is 0 Å². The molecule has 16 heavy (non-hydrogen) atoms. The topological polar surface area (TPSA) is 38.0 Å². The first kappa shape index (κ1) is 11.6. The lowest BCUT2D eigenvalue weighted by Crippen LogP contribution is -2.14. The second kappa shape index (κ2) is 5.48. The van der Waals surface area contributed by atoms with E-state index in [1.54, 1.807) is 6.20 Å². The van der Waals surface area contributed by atoms with Crippen LogP contribution in [0.15, 0.2) is 12.5 Å². The molecule has 1 N–H and O–H groups in total. The maximum Gasteiger partial charge on any atom is 0.0948 e. The summed E-state index contributed by atoms with van der Waals surface area (Å²) in [7, 11) is 0. The van der Waals surface area contributed by atoms with Gasteiger partial charge in [-0.15, -0.1) is 0 Å². The molecule has 1 aromatic rings. The van der Waals surface area contributed by atoms with Gasteiger partial charge in [0.05, 0.1) is 24.8 Å². The Morgan fingerprint density at radius 1 is 1.38 bits per heavy atom. The van der Waals surface area contributed by atoms with Crippen LogP contribution in [0.1, 0.15) is 44.7 Å². The van der Waals surface area contributed by atoms with Crippen molar-refractivity contribution >= 4 is 0 Å². The Morgan fingerprint density at radius 3 is 2.81 bits per heavy atom. The first-order valence-corrected chi connectivity index (χ1v) is 6.39. The fourth-order valence-electron chi connectivity index (χ4n) is 2.62. The van der Waals surface area contributed by atoms with Gasteiger partial charge >= 0.3 is 0 Å². The Balaban J connectivity index is 1.79. The van der Waals surface area contributed by atoms with Gasteiger partial charge in [0, 0.05) is 6.54 Å². The first-order valence-electron chi connectivity index (χ1n) is 6.39. The molecule has 0 saturated heterocycles. The molecule has 0 unspecified atom stereocenters. The lowest BCUT2D eigenvalue weighted by molar-refractivity contribution is 0.254. The highest BCUT2D eigenvalue weighted by atomic mass is 16.3. The summed E-state index contributed by atoms with van der Waals surface area (Å²) in [5.41, 5.74) is 0.934. The summed E-state index contributed by atoms with van der Waals surface area (Å²) in [5, 5.41) is 9.12.